The van der Waals surface area contributed by atoms with Crippen LogP contribution in [0.25, 0.3) is 0 Å². The Morgan fingerprint density at radius 2 is 2.05 bits per heavy atom. The average molecular weight is 285 g/mol. The number of carbonyl (C=O) groups excluding carboxylic acids is 1. The van der Waals surface area contributed by atoms with E-state index in [9.17, 15) is 9.59 Å². The SMILES string of the molecule is CCCn1cc(NC(=O)c2ccc(N)c(C)c2)ccc1=O. The summed E-state index contributed by atoms with van der Waals surface area (Å²) in [5.41, 5.74) is 8.32. The molecule has 1 aromatic carbocycles. The molecule has 2 rings (SSSR count). The van der Waals surface area contributed by atoms with Gasteiger partial charge in [-0.3, -0.25) is 9.59 Å². The molecule has 0 radical (unpaired) electrons. The van der Waals surface area contributed by atoms with Gasteiger partial charge in [0.15, 0.2) is 0 Å². The molecular weight excluding hydrogens is 266 g/mol. The lowest BCUT2D eigenvalue weighted by molar-refractivity contribution is 0.102. The number of benzene rings is 1. The molecule has 3 N–H and O–H groups in total. The Labute approximate surface area is 123 Å². The predicted molar refractivity (Wildman–Crippen MR) is 84.5 cm³/mol. The smallest absolute Gasteiger partial charge is 0.255 e. The molecule has 21 heavy (non-hydrogen) atoms. The predicted octanol–water partition coefficient (Wildman–Crippen LogP) is 2.40. The monoisotopic (exact) mass is 285 g/mol. The number of nitrogens with two attached hydrogens (primary N) is 1. The number of amides is 1. The average Bonchev–Trinajstić information content (AvgIpc) is 2.45. The van der Waals surface area contributed by atoms with Crippen molar-refractivity contribution in [1.82, 2.24) is 4.57 Å². The van der Waals surface area contributed by atoms with Crippen molar-refractivity contribution < 1.29 is 4.79 Å². The zero-order chi connectivity index (χ0) is 15.4. The molecule has 0 saturated heterocycles. The second-order valence-corrected chi connectivity index (χ2v) is 4.97. The molecule has 1 heterocycles. The second-order valence-electron chi connectivity index (χ2n) is 4.97. The molecule has 5 nitrogen and oxygen atoms in total. The molecule has 0 fully saturated rings. The van der Waals surface area contributed by atoms with Crippen LogP contribution in [-0.2, 0) is 6.54 Å². The van der Waals surface area contributed by atoms with Gasteiger partial charge in [0.25, 0.3) is 11.5 Å². The third kappa shape index (κ3) is 3.51. The van der Waals surface area contributed by atoms with E-state index in [0.717, 1.165) is 12.0 Å². The van der Waals surface area contributed by atoms with E-state index in [1.165, 1.54) is 6.07 Å². The van der Waals surface area contributed by atoms with E-state index >= 15 is 0 Å². The molecule has 0 aliphatic heterocycles. The van der Waals surface area contributed by atoms with Crippen LogP contribution in [0.15, 0.2) is 41.3 Å². The number of aryl methyl sites for hydroxylation is 2. The fourth-order valence-electron chi connectivity index (χ4n) is 2.04. The highest BCUT2D eigenvalue weighted by atomic mass is 16.1. The van der Waals surface area contributed by atoms with Crippen LogP contribution >= 0.6 is 0 Å². The molecule has 0 saturated carbocycles. The van der Waals surface area contributed by atoms with Crippen molar-refractivity contribution in [1.29, 1.82) is 0 Å². The number of pyridine rings is 1. The molecule has 0 aliphatic rings. The van der Waals surface area contributed by atoms with Crippen molar-refractivity contribution in [2.45, 2.75) is 26.8 Å². The van der Waals surface area contributed by atoms with E-state index in [0.29, 0.717) is 23.5 Å². The van der Waals surface area contributed by atoms with Crippen LogP contribution in [0.5, 0.6) is 0 Å². The topological polar surface area (TPSA) is 77.1 Å². The van der Waals surface area contributed by atoms with Gasteiger partial charge in [-0.2, -0.15) is 0 Å². The van der Waals surface area contributed by atoms with E-state index in [4.69, 9.17) is 5.73 Å². The molecule has 1 aromatic heterocycles. The maximum atomic E-state index is 12.2. The maximum absolute atomic E-state index is 12.2. The number of nitrogens with one attached hydrogen (secondary N) is 1. The third-order valence-electron chi connectivity index (χ3n) is 3.24. The summed E-state index contributed by atoms with van der Waals surface area (Å²) in [6.07, 6.45) is 2.52. The van der Waals surface area contributed by atoms with Gasteiger partial charge in [0.1, 0.15) is 0 Å². The minimum Gasteiger partial charge on any atom is -0.399 e. The third-order valence-corrected chi connectivity index (χ3v) is 3.24. The first-order valence-electron chi connectivity index (χ1n) is 6.89. The van der Waals surface area contributed by atoms with E-state index in [1.54, 1.807) is 35.0 Å². The van der Waals surface area contributed by atoms with Crippen molar-refractivity contribution in [3.05, 3.63) is 58.0 Å². The number of hydrogen-bond donors (Lipinski definition) is 2. The van der Waals surface area contributed by atoms with E-state index < -0.39 is 0 Å². The molecule has 5 heteroatoms. The first kappa shape index (κ1) is 14.8. The van der Waals surface area contributed by atoms with Gasteiger partial charge < -0.3 is 15.6 Å². The molecular formula is C16H19N3O2. The second kappa shape index (κ2) is 6.26. The summed E-state index contributed by atoms with van der Waals surface area (Å²) in [5, 5.41) is 2.79. The normalized spacial score (nSPS) is 10.4. The lowest BCUT2D eigenvalue weighted by atomic mass is 10.1. The Morgan fingerprint density at radius 1 is 1.29 bits per heavy atom. The van der Waals surface area contributed by atoms with Crippen LogP contribution in [0, 0.1) is 6.92 Å². The number of nitrogen functional groups attached to an aromatic ring is 1. The van der Waals surface area contributed by atoms with Crippen molar-refractivity contribution in [2.75, 3.05) is 11.1 Å². The van der Waals surface area contributed by atoms with Gasteiger partial charge in [-0.1, -0.05) is 6.92 Å². The van der Waals surface area contributed by atoms with Crippen LogP contribution in [0.2, 0.25) is 0 Å². The summed E-state index contributed by atoms with van der Waals surface area (Å²) >= 11 is 0. The Kier molecular flexibility index (Phi) is 4.42. The molecule has 0 spiro atoms. The number of anilines is 2. The van der Waals surface area contributed by atoms with Crippen LogP contribution in [-0.4, -0.2) is 10.5 Å². The Hall–Kier alpha value is -2.56. The Balaban J connectivity index is 2.21. The zero-order valence-corrected chi connectivity index (χ0v) is 12.2. The first-order valence-corrected chi connectivity index (χ1v) is 6.89. The zero-order valence-electron chi connectivity index (χ0n) is 12.2. The molecule has 110 valence electrons. The van der Waals surface area contributed by atoms with E-state index in [-0.39, 0.29) is 11.5 Å². The van der Waals surface area contributed by atoms with Gasteiger partial charge in [-0.15, -0.1) is 0 Å². The Bertz CT molecular complexity index is 720. The number of carbonyl (C=O) groups is 1. The highest BCUT2D eigenvalue weighted by molar-refractivity contribution is 6.04. The molecule has 0 atom stereocenters. The summed E-state index contributed by atoms with van der Waals surface area (Å²) in [4.78, 5) is 23.8. The van der Waals surface area contributed by atoms with Crippen LogP contribution in [0.1, 0.15) is 29.3 Å². The summed E-state index contributed by atoms with van der Waals surface area (Å²) in [7, 11) is 0. The van der Waals surface area contributed by atoms with Crippen molar-refractivity contribution in [3.63, 3.8) is 0 Å². The molecule has 0 bridgehead atoms. The standard InChI is InChI=1S/C16H19N3O2/c1-3-8-19-10-13(5-7-15(19)20)18-16(21)12-4-6-14(17)11(2)9-12/h4-7,9-10H,3,8,17H2,1-2H3,(H,18,21). The molecule has 2 aromatic rings. The highest BCUT2D eigenvalue weighted by Gasteiger charge is 2.08. The fourth-order valence-corrected chi connectivity index (χ4v) is 2.04. The van der Waals surface area contributed by atoms with Gasteiger partial charge >= 0.3 is 0 Å². The van der Waals surface area contributed by atoms with Crippen LogP contribution in [0.4, 0.5) is 11.4 Å². The van der Waals surface area contributed by atoms with Crippen molar-refractivity contribution in [3.8, 4) is 0 Å². The minimum atomic E-state index is -0.222. The first-order chi connectivity index (χ1) is 10.0. The minimum absolute atomic E-state index is 0.0711. The summed E-state index contributed by atoms with van der Waals surface area (Å²) < 4.78 is 1.59. The van der Waals surface area contributed by atoms with E-state index in [2.05, 4.69) is 5.32 Å². The van der Waals surface area contributed by atoms with Crippen molar-refractivity contribution in [2.24, 2.45) is 0 Å². The maximum Gasteiger partial charge on any atom is 0.255 e. The summed E-state index contributed by atoms with van der Waals surface area (Å²) in [5.74, 6) is -0.222. The largest absolute Gasteiger partial charge is 0.399 e. The van der Waals surface area contributed by atoms with Gasteiger partial charge in [0.05, 0.1) is 5.69 Å². The van der Waals surface area contributed by atoms with E-state index in [1.807, 2.05) is 13.8 Å². The van der Waals surface area contributed by atoms with Crippen LogP contribution in [0.3, 0.4) is 0 Å². The Morgan fingerprint density at radius 3 is 2.71 bits per heavy atom. The quantitative estimate of drug-likeness (QED) is 0.847. The molecule has 1 amide bonds. The fraction of sp³-hybridized carbons (Fsp3) is 0.250. The lowest BCUT2D eigenvalue weighted by Gasteiger charge is -2.09. The summed E-state index contributed by atoms with van der Waals surface area (Å²) in [6, 6.07) is 8.20. The molecule has 0 unspecified atom stereocenters. The van der Waals surface area contributed by atoms with Gasteiger partial charge in [0.2, 0.25) is 0 Å². The highest BCUT2D eigenvalue weighted by Crippen LogP contribution is 2.14. The summed E-state index contributed by atoms with van der Waals surface area (Å²) in [6.45, 7) is 4.48. The number of aromatic nitrogens is 1. The van der Waals surface area contributed by atoms with Gasteiger partial charge in [-0.25, -0.2) is 0 Å². The molecule has 0 aliphatic carbocycles. The number of hydrogen-bond acceptors (Lipinski definition) is 3. The van der Waals surface area contributed by atoms with Crippen LogP contribution < -0.4 is 16.6 Å². The lowest BCUT2D eigenvalue weighted by Crippen LogP contribution is -2.20. The number of rotatable bonds is 4. The van der Waals surface area contributed by atoms with Gasteiger partial charge in [-0.05, 0) is 43.2 Å². The van der Waals surface area contributed by atoms with Crippen molar-refractivity contribution >= 4 is 17.3 Å². The van der Waals surface area contributed by atoms with Gasteiger partial charge in [0, 0.05) is 30.1 Å². The number of nitrogens with zero attached hydrogens (tertiary/aromatic N) is 1.